The van der Waals surface area contributed by atoms with Crippen molar-refractivity contribution in [3.05, 3.63) is 24.3 Å². The number of nitrogens with zero attached hydrogens (tertiary/aromatic N) is 2. The van der Waals surface area contributed by atoms with E-state index in [1.807, 2.05) is 0 Å². The molecule has 2 fully saturated rings. The molecule has 10 heteroatoms. The number of rotatable bonds is 5. The minimum Gasteiger partial charge on any atom is -0.326 e. The van der Waals surface area contributed by atoms with Gasteiger partial charge in [-0.1, -0.05) is 0 Å². The summed E-state index contributed by atoms with van der Waals surface area (Å²) in [6.07, 6.45) is 1.39. The summed E-state index contributed by atoms with van der Waals surface area (Å²) in [6.45, 7) is 2.02. The van der Waals surface area contributed by atoms with Crippen LogP contribution >= 0.6 is 0 Å². The molecule has 1 saturated carbocycles. The molecule has 2 aliphatic rings. The predicted octanol–water partition coefficient (Wildman–Crippen LogP) is 0.444. The van der Waals surface area contributed by atoms with Crippen molar-refractivity contribution in [1.82, 2.24) is 8.61 Å². The lowest BCUT2D eigenvalue weighted by molar-refractivity contribution is -0.114. The van der Waals surface area contributed by atoms with Gasteiger partial charge in [0.2, 0.25) is 26.0 Å². The van der Waals surface area contributed by atoms with E-state index in [0.717, 1.165) is 0 Å². The molecule has 25 heavy (non-hydrogen) atoms. The smallest absolute Gasteiger partial charge is 0.243 e. The SMILES string of the molecule is CC(=O)Nc1ccc(S(=O)(=O)N2CCN(S(=O)(=O)C3CC3)CC2)cc1. The highest BCUT2D eigenvalue weighted by molar-refractivity contribution is 7.90. The van der Waals surface area contributed by atoms with Crippen molar-refractivity contribution in [2.45, 2.75) is 29.9 Å². The van der Waals surface area contributed by atoms with E-state index < -0.39 is 20.0 Å². The molecule has 0 spiro atoms. The number of carbonyl (C=O) groups excluding carboxylic acids is 1. The maximum absolute atomic E-state index is 12.7. The largest absolute Gasteiger partial charge is 0.326 e. The highest BCUT2D eigenvalue weighted by Crippen LogP contribution is 2.32. The average Bonchev–Trinajstić information content (AvgIpc) is 3.40. The molecule has 138 valence electrons. The maximum Gasteiger partial charge on any atom is 0.243 e. The van der Waals surface area contributed by atoms with Gasteiger partial charge in [0.05, 0.1) is 10.1 Å². The lowest BCUT2D eigenvalue weighted by atomic mass is 10.3. The van der Waals surface area contributed by atoms with E-state index in [9.17, 15) is 21.6 Å². The van der Waals surface area contributed by atoms with Crippen molar-refractivity contribution in [2.24, 2.45) is 0 Å². The van der Waals surface area contributed by atoms with Crippen LogP contribution in [-0.2, 0) is 24.8 Å². The number of hydrogen-bond acceptors (Lipinski definition) is 5. The van der Waals surface area contributed by atoms with Gasteiger partial charge >= 0.3 is 0 Å². The van der Waals surface area contributed by atoms with E-state index in [0.29, 0.717) is 18.5 Å². The van der Waals surface area contributed by atoms with E-state index in [2.05, 4.69) is 5.32 Å². The molecule has 1 heterocycles. The molecule has 1 amide bonds. The Kier molecular flexibility index (Phi) is 4.89. The first-order valence-electron chi connectivity index (χ1n) is 8.08. The summed E-state index contributed by atoms with van der Waals surface area (Å²) >= 11 is 0. The number of carbonyl (C=O) groups is 1. The summed E-state index contributed by atoms with van der Waals surface area (Å²) < 4.78 is 52.5. The predicted molar refractivity (Wildman–Crippen MR) is 93.0 cm³/mol. The van der Waals surface area contributed by atoms with Crippen molar-refractivity contribution in [3.8, 4) is 0 Å². The van der Waals surface area contributed by atoms with Crippen LogP contribution in [0.4, 0.5) is 5.69 Å². The summed E-state index contributed by atoms with van der Waals surface area (Å²) in [5.74, 6) is -0.233. The molecule has 0 unspecified atom stereocenters. The third-order valence-corrected chi connectivity index (χ3v) is 8.63. The number of nitrogens with one attached hydrogen (secondary N) is 1. The van der Waals surface area contributed by atoms with Gasteiger partial charge in [0, 0.05) is 38.8 Å². The van der Waals surface area contributed by atoms with Crippen LogP contribution in [0.15, 0.2) is 29.2 Å². The van der Waals surface area contributed by atoms with E-state index in [4.69, 9.17) is 0 Å². The third kappa shape index (κ3) is 3.86. The second-order valence-electron chi connectivity index (χ2n) is 6.25. The van der Waals surface area contributed by atoms with E-state index in [-0.39, 0.29) is 42.2 Å². The highest BCUT2D eigenvalue weighted by atomic mass is 32.2. The van der Waals surface area contributed by atoms with Gasteiger partial charge in [0.25, 0.3) is 0 Å². The van der Waals surface area contributed by atoms with Crippen LogP contribution in [-0.4, -0.2) is 62.8 Å². The zero-order valence-corrected chi connectivity index (χ0v) is 15.5. The molecule has 0 bridgehead atoms. The number of hydrogen-bond donors (Lipinski definition) is 1. The molecular weight excluding hydrogens is 366 g/mol. The molecule has 3 rings (SSSR count). The average molecular weight is 387 g/mol. The zero-order valence-electron chi connectivity index (χ0n) is 13.9. The van der Waals surface area contributed by atoms with Crippen molar-refractivity contribution < 1.29 is 21.6 Å². The van der Waals surface area contributed by atoms with Gasteiger partial charge in [-0.15, -0.1) is 0 Å². The Balaban J connectivity index is 1.68. The minimum absolute atomic E-state index is 0.125. The molecule has 8 nitrogen and oxygen atoms in total. The molecule has 0 radical (unpaired) electrons. The molecule has 1 aliphatic heterocycles. The molecule has 1 aromatic rings. The lowest BCUT2D eigenvalue weighted by Gasteiger charge is -2.33. The van der Waals surface area contributed by atoms with Crippen molar-refractivity contribution in [1.29, 1.82) is 0 Å². The topological polar surface area (TPSA) is 104 Å². The van der Waals surface area contributed by atoms with Crippen molar-refractivity contribution in [2.75, 3.05) is 31.5 Å². The van der Waals surface area contributed by atoms with E-state index >= 15 is 0 Å². The van der Waals surface area contributed by atoms with Crippen LogP contribution in [0, 0.1) is 0 Å². The first kappa shape index (κ1) is 18.3. The van der Waals surface area contributed by atoms with Gasteiger partial charge in [0.1, 0.15) is 0 Å². The van der Waals surface area contributed by atoms with Gasteiger partial charge in [-0.25, -0.2) is 16.8 Å². The Bertz CT molecular complexity index is 853. The summed E-state index contributed by atoms with van der Waals surface area (Å²) in [5.41, 5.74) is 0.520. The quantitative estimate of drug-likeness (QED) is 0.790. The van der Waals surface area contributed by atoms with E-state index in [1.54, 1.807) is 0 Å². The number of sulfonamides is 2. The van der Waals surface area contributed by atoms with Crippen LogP contribution in [0.3, 0.4) is 0 Å². The highest BCUT2D eigenvalue weighted by Gasteiger charge is 2.42. The molecule has 1 aromatic carbocycles. The molecule has 0 atom stereocenters. The van der Waals surface area contributed by atoms with Gasteiger partial charge in [-0.3, -0.25) is 4.79 Å². The Morgan fingerprint density at radius 3 is 1.96 bits per heavy atom. The Labute approximate surface area is 147 Å². The van der Waals surface area contributed by atoms with Gasteiger partial charge < -0.3 is 5.32 Å². The first-order valence-corrected chi connectivity index (χ1v) is 11.0. The lowest BCUT2D eigenvalue weighted by Crippen LogP contribution is -2.51. The summed E-state index contributed by atoms with van der Waals surface area (Å²) in [6, 6.07) is 5.94. The fourth-order valence-corrected chi connectivity index (χ4v) is 6.05. The van der Waals surface area contributed by atoms with Crippen LogP contribution in [0.5, 0.6) is 0 Å². The fourth-order valence-electron chi connectivity index (χ4n) is 2.80. The van der Waals surface area contributed by atoms with Crippen molar-refractivity contribution in [3.63, 3.8) is 0 Å². The normalized spacial score (nSPS) is 20.4. The Morgan fingerprint density at radius 1 is 0.960 bits per heavy atom. The molecule has 1 saturated heterocycles. The second kappa shape index (κ2) is 6.67. The second-order valence-corrected chi connectivity index (χ2v) is 10.4. The summed E-state index contributed by atoms with van der Waals surface area (Å²) in [7, 11) is -6.95. The zero-order chi connectivity index (χ0) is 18.2. The Hall–Kier alpha value is -1.49. The maximum atomic E-state index is 12.7. The third-order valence-electron chi connectivity index (χ3n) is 4.32. The van der Waals surface area contributed by atoms with Gasteiger partial charge in [-0.2, -0.15) is 8.61 Å². The van der Waals surface area contributed by atoms with Crippen LogP contribution in [0.25, 0.3) is 0 Å². The number of benzene rings is 1. The van der Waals surface area contributed by atoms with Crippen LogP contribution in [0.1, 0.15) is 19.8 Å². The number of amides is 1. The molecular formula is C15H21N3O5S2. The Morgan fingerprint density at radius 2 is 1.48 bits per heavy atom. The van der Waals surface area contributed by atoms with Gasteiger partial charge in [-0.05, 0) is 37.1 Å². The first-order chi connectivity index (χ1) is 11.7. The summed E-state index contributed by atoms with van der Waals surface area (Å²) in [5, 5.41) is 2.30. The monoisotopic (exact) mass is 387 g/mol. The van der Waals surface area contributed by atoms with Crippen molar-refractivity contribution >= 4 is 31.6 Å². The number of piperazine rings is 1. The van der Waals surface area contributed by atoms with E-state index in [1.165, 1.54) is 39.8 Å². The molecule has 1 aliphatic carbocycles. The van der Waals surface area contributed by atoms with Crippen LogP contribution in [0.2, 0.25) is 0 Å². The molecule has 0 aromatic heterocycles. The number of anilines is 1. The summed E-state index contributed by atoms with van der Waals surface area (Å²) in [4.78, 5) is 11.1. The van der Waals surface area contributed by atoms with Crippen LogP contribution < -0.4 is 5.32 Å². The standard InChI is InChI=1S/C15H21N3O5S2/c1-12(19)16-13-2-4-14(5-3-13)24(20,21)17-8-10-18(11-9-17)25(22,23)15-6-7-15/h2-5,15H,6-11H2,1H3,(H,16,19). The minimum atomic E-state index is -3.68. The molecule has 1 N–H and O–H groups in total. The fraction of sp³-hybridized carbons (Fsp3) is 0.533. The van der Waals surface area contributed by atoms with Gasteiger partial charge in [0.15, 0.2) is 0 Å².